The summed E-state index contributed by atoms with van der Waals surface area (Å²) in [6.45, 7) is 5.87. The van der Waals surface area contributed by atoms with Crippen molar-refractivity contribution in [1.29, 1.82) is 0 Å². The van der Waals surface area contributed by atoms with Gasteiger partial charge in [0.15, 0.2) is 0 Å². The van der Waals surface area contributed by atoms with E-state index in [1.165, 1.54) is 0 Å². The maximum absolute atomic E-state index is 13.3. The molecule has 26 heavy (non-hydrogen) atoms. The first kappa shape index (κ1) is 18.7. The second-order valence-corrected chi connectivity index (χ2v) is 7.14. The number of nitrogens with zero attached hydrogens (tertiary/aromatic N) is 3. The number of amides is 2. The monoisotopic (exact) mass is 359 g/mol. The van der Waals surface area contributed by atoms with Crippen molar-refractivity contribution < 1.29 is 14.3 Å². The van der Waals surface area contributed by atoms with E-state index in [0.717, 1.165) is 37.5 Å². The summed E-state index contributed by atoms with van der Waals surface area (Å²) in [6, 6.07) is 7.49. The van der Waals surface area contributed by atoms with Gasteiger partial charge in [-0.2, -0.15) is 0 Å². The van der Waals surface area contributed by atoms with Crippen LogP contribution in [0.15, 0.2) is 24.3 Å². The average Bonchev–Trinajstić information content (AvgIpc) is 2.67. The Balaban J connectivity index is 1.93. The van der Waals surface area contributed by atoms with Crippen LogP contribution in [0.25, 0.3) is 0 Å². The smallest absolute Gasteiger partial charge is 0.228 e. The highest BCUT2D eigenvalue weighted by Gasteiger charge is 2.42. The molecule has 6 nitrogen and oxygen atoms in total. The minimum atomic E-state index is -0.260. The zero-order chi connectivity index (χ0) is 18.7. The summed E-state index contributed by atoms with van der Waals surface area (Å²) >= 11 is 0. The van der Waals surface area contributed by atoms with Gasteiger partial charge in [0.05, 0.1) is 19.1 Å². The van der Waals surface area contributed by atoms with E-state index in [-0.39, 0.29) is 23.8 Å². The van der Waals surface area contributed by atoms with Crippen molar-refractivity contribution in [1.82, 2.24) is 14.7 Å². The molecular formula is C20H29N3O3. The minimum absolute atomic E-state index is 0.117. The van der Waals surface area contributed by atoms with Crippen molar-refractivity contribution in [2.75, 3.05) is 46.9 Å². The minimum Gasteiger partial charge on any atom is -0.496 e. The van der Waals surface area contributed by atoms with Crippen LogP contribution in [0.5, 0.6) is 5.75 Å². The summed E-state index contributed by atoms with van der Waals surface area (Å²) in [7, 11) is 3.72. The number of piperazine rings is 1. The molecule has 0 saturated carbocycles. The molecule has 1 aromatic carbocycles. The number of hydrogen-bond acceptors (Lipinski definition) is 4. The van der Waals surface area contributed by atoms with E-state index in [1.807, 2.05) is 41.0 Å². The molecule has 0 N–H and O–H groups in total. The fourth-order valence-electron chi connectivity index (χ4n) is 4.14. The second-order valence-electron chi connectivity index (χ2n) is 7.14. The Kier molecular flexibility index (Phi) is 5.81. The molecule has 0 unspecified atom stereocenters. The molecule has 2 aliphatic rings. The number of carbonyl (C=O) groups excluding carboxylic acids is 2. The molecule has 142 valence electrons. The van der Waals surface area contributed by atoms with E-state index >= 15 is 0 Å². The highest BCUT2D eigenvalue weighted by molar-refractivity contribution is 5.85. The molecule has 0 aliphatic carbocycles. The van der Waals surface area contributed by atoms with Gasteiger partial charge in [-0.15, -0.1) is 0 Å². The Morgan fingerprint density at radius 3 is 2.54 bits per heavy atom. The molecule has 0 bridgehead atoms. The first-order valence-electron chi connectivity index (χ1n) is 9.46. The summed E-state index contributed by atoms with van der Waals surface area (Å²) in [5, 5.41) is 0. The largest absolute Gasteiger partial charge is 0.496 e. The number of likely N-dealkylation sites (N-methyl/N-ethyl adjacent to an activating group) is 1. The summed E-state index contributed by atoms with van der Waals surface area (Å²) in [6.07, 6.45) is 1.03. The molecule has 2 aliphatic heterocycles. The van der Waals surface area contributed by atoms with Crippen LogP contribution in [0.2, 0.25) is 0 Å². The van der Waals surface area contributed by atoms with E-state index in [4.69, 9.17) is 4.74 Å². The lowest BCUT2D eigenvalue weighted by atomic mass is 9.82. The van der Waals surface area contributed by atoms with E-state index < -0.39 is 0 Å². The van der Waals surface area contributed by atoms with E-state index in [1.54, 1.807) is 7.11 Å². The second kappa shape index (κ2) is 8.08. The van der Waals surface area contributed by atoms with Gasteiger partial charge in [-0.1, -0.05) is 18.2 Å². The Morgan fingerprint density at radius 2 is 1.88 bits per heavy atom. The summed E-state index contributed by atoms with van der Waals surface area (Å²) in [5.41, 5.74) is 0.928. The predicted octanol–water partition coefficient (Wildman–Crippen LogP) is 1.77. The molecule has 1 aromatic rings. The standard InChI is InChI=1S/C20H29N3O3/c1-4-23-18(24)10-9-16(20(25)22-13-11-21(2)12-14-22)19(23)15-7-5-6-8-17(15)26-3/h5-8,16,19H,4,9-14H2,1-3H3/t16-,19+/m1/s1. The SMILES string of the molecule is CCN1C(=O)CC[C@@H](C(=O)N2CCN(C)CC2)[C@@H]1c1ccccc1OC. The number of rotatable bonds is 4. The first-order valence-corrected chi connectivity index (χ1v) is 9.46. The number of methoxy groups -OCH3 is 1. The lowest BCUT2D eigenvalue weighted by molar-refractivity contribution is -0.148. The Hall–Kier alpha value is -2.08. The molecule has 2 heterocycles. The zero-order valence-corrected chi connectivity index (χ0v) is 16.0. The van der Waals surface area contributed by atoms with Crippen LogP contribution in [0.1, 0.15) is 31.4 Å². The van der Waals surface area contributed by atoms with Crippen LogP contribution >= 0.6 is 0 Å². The van der Waals surface area contributed by atoms with Crippen LogP contribution in [-0.4, -0.2) is 73.4 Å². The molecule has 2 amide bonds. The summed E-state index contributed by atoms with van der Waals surface area (Å²) in [4.78, 5) is 31.9. The lowest BCUT2D eigenvalue weighted by Crippen LogP contribution is -2.53. The number of hydrogen-bond donors (Lipinski definition) is 0. The van der Waals surface area contributed by atoms with Crippen molar-refractivity contribution in [2.24, 2.45) is 5.92 Å². The van der Waals surface area contributed by atoms with Crippen LogP contribution in [0, 0.1) is 5.92 Å². The van der Waals surface area contributed by atoms with Crippen molar-refractivity contribution >= 4 is 11.8 Å². The maximum Gasteiger partial charge on any atom is 0.228 e. The Bertz CT molecular complexity index is 655. The fourth-order valence-corrected chi connectivity index (χ4v) is 4.14. The fraction of sp³-hybridized carbons (Fsp3) is 0.600. The lowest BCUT2D eigenvalue weighted by Gasteiger charge is -2.43. The van der Waals surface area contributed by atoms with Crippen molar-refractivity contribution in [2.45, 2.75) is 25.8 Å². The first-order chi connectivity index (χ1) is 12.6. The van der Waals surface area contributed by atoms with Crippen molar-refractivity contribution in [3.05, 3.63) is 29.8 Å². The third-order valence-corrected chi connectivity index (χ3v) is 5.64. The molecular weight excluding hydrogens is 330 g/mol. The van der Waals surface area contributed by atoms with Crippen molar-refractivity contribution in [3.63, 3.8) is 0 Å². The Labute approximate surface area is 155 Å². The van der Waals surface area contributed by atoms with Gasteiger partial charge < -0.3 is 19.4 Å². The van der Waals surface area contributed by atoms with Gasteiger partial charge in [-0.25, -0.2) is 0 Å². The molecule has 3 rings (SSSR count). The highest BCUT2D eigenvalue weighted by atomic mass is 16.5. The van der Waals surface area contributed by atoms with Crippen LogP contribution in [-0.2, 0) is 9.59 Å². The molecule has 6 heteroatoms. The number of likely N-dealkylation sites (tertiary alicyclic amines) is 1. The Morgan fingerprint density at radius 1 is 1.19 bits per heavy atom. The van der Waals surface area contributed by atoms with Crippen LogP contribution in [0.3, 0.4) is 0 Å². The predicted molar refractivity (Wildman–Crippen MR) is 99.9 cm³/mol. The zero-order valence-electron chi connectivity index (χ0n) is 16.0. The van der Waals surface area contributed by atoms with Crippen molar-refractivity contribution in [3.8, 4) is 5.75 Å². The third-order valence-electron chi connectivity index (χ3n) is 5.64. The quantitative estimate of drug-likeness (QED) is 0.822. The molecule has 2 fully saturated rings. The van der Waals surface area contributed by atoms with Crippen LogP contribution in [0.4, 0.5) is 0 Å². The van der Waals surface area contributed by atoms with E-state index in [0.29, 0.717) is 19.4 Å². The van der Waals surface area contributed by atoms with Gasteiger partial charge in [0.1, 0.15) is 5.75 Å². The molecule has 0 spiro atoms. The maximum atomic E-state index is 13.3. The number of ether oxygens (including phenoxy) is 1. The molecule has 2 atom stereocenters. The average molecular weight is 359 g/mol. The van der Waals surface area contributed by atoms with Gasteiger partial charge in [0, 0.05) is 44.7 Å². The molecule has 2 saturated heterocycles. The van der Waals surface area contributed by atoms with Gasteiger partial charge in [-0.3, -0.25) is 9.59 Å². The number of carbonyl (C=O) groups is 2. The number of piperidine rings is 1. The molecule has 0 radical (unpaired) electrons. The summed E-state index contributed by atoms with van der Waals surface area (Å²) in [5.74, 6) is 0.806. The van der Waals surface area contributed by atoms with Gasteiger partial charge >= 0.3 is 0 Å². The number of para-hydroxylation sites is 1. The highest BCUT2D eigenvalue weighted by Crippen LogP contribution is 2.41. The van der Waals surface area contributed by atoms with Gasteiger partial charge in [-0.05, 0) is 26.5 Å². The summed E-state index contributed by atoms with van der Waals surface area (Å²) < 4.78 is 5.54. The van der Waals surface area contributed by atoms with Crippen LogP contribution < -0.4 is 4.74 Å². The topological polar surface area (TPSA) is 53.1 Å². The molecule has 0 aromatic heterocycles. The van der Waals surface area contributed by atoms with Gasteiger partial charge in [0.25, 0.3) is 0 Å². The third kappa shape index (κ3) is 3.56. The number of benzene rings is 1. The van der Waals surface area contributed by atoms with Gasteiger partial charge in [0.2, 0.25) is 11.8 Å². The van der Waals surface area contributed by atoms with E-state index in [9.17, 15) is 9.59 Å². The van der Waals surface area contributed by atoms with E-state index in [2.05, 4.69) is 11.9 Å². The normalized spacial score (nSPS) is 24.7.